The molecule has 0 aliphatic carbocycles. The highest BCUT2D eigenvalue weighted by atomic mass is 16.5. The van der Waals surface area contributed by atoms with Crippen molar-refractivity contribution in [1.82, 2.24) is 20.0 Å². The van der Waals surface area contributed by atoms with E-state index in [4.69, 9.17) is 4.74 Å². The minimum Gasteiger partial charge on any atom is -0.490 e. The van der Waals surface area contributed by atoms with Gasteiger partial charge in [-0.05, 0) is 38.0 Å². The first kappa shape index (κ1) is 20.2. The van der Waals surface area contributed by atoms with Crippen LogP contribution in [0.1, 0.15) is 31.2 Å². The number of ether oxygens (including phenoxy) is 1. The first-order valence-electron chi connectivity index (χ1n) is 10.2. The van der Waals surface area contributed by atoms with Crippen molar-refractivity contribution in [2.75, 3.05) is 26.7 Å². The van der Waals surface area contributed by atoms with Gasteiger partial charge in [-0.1, -0.05) is 25.1 Å². The molecule has 1 aliphatic rings. The Hall–Kier alpha value is -2.50. The van der Waals surface area contributed by atoms with Crippen LogP contribution in [0.4, 0.5) is 0 Å². The van der Waals surface area contributed by atoms with E-state index in [1.54, 1.807) is 0 Å². The molecule has 6 heteroatoms. The van der Waals surface area contributed by atoms with Crippen molar-refractivity contribution in [3.63, 3.8) is 0 Å². The third-order valence-corrected chi connectivity index (χ3v) is 5.20. The van der Waals surface area contributed by atoms with E-state index in [9.17, 15) is 0 Å². The molecule has 6 nitrogen and oxygen atoms in total. The number of aryl methyl sites for hydroxylation is 2. The van der Waals surface area contributed by atoms with Crippen LogP contribution in [0.3, 0.4) is 0 Å². The largest absolute Gasteiger partial charge is 0.490 e. The fraction of sp³-hybridized carbons (Fsp3) is 0.545. The number of likely N-dealkylation sites (tertiary alicyclic amines) is 1. The highest BCUT2D eigenvalue weighted by molar-refractivity contribution is 5.79. The van der Waals surface area contributed by atoms with Crippen molar-refractivity contribution in [1.29, 1.82) is 0 Å². The Morgan fingerprint density at radius 3 is 2.57 bits per heavy atom. The maximum Gasteiger partial charge on any atom is 0.193 e. The smallest absolute Gasteiger partial charge is 0.193 e. The predicted octanol–water partition coefficient (Wildman–Crippen LogP) is 3.25. The van der Waals surface area contributed by atoms with E-state index in [-0.39, 0.29) is 6.10 Å². The molecule has 1 aliphatic heterocycles. The topological polar surface area (TPSA) is 54.7 Å². The second kappa shape index (κ2) is 9.62. The van der Waals surface area contributed by atoms with E-state index in [1.807, 2.05) is 44.3 Å². The number of piperidine rings is 1. The van der Waals surface area contributed by atoms with E-state index < -0.39 is 0 Å². The molecular weight excluding hydrogens is 350 g/mol. The Kier molecular flexibility index (Phi) is 6.95. The molecule has 1 N–H and O–H groups in total. The minimum atomic E-state index is 0.279. The number of nitrogens with one attached hydrogen (secondary N) is 1. The van der Waals surface area contributed by atoms with E-state index >= 15 is 0 Å². The maximum absolute atomic E-state index is 6.10. The normalized spacial score (nSPS) is 16.9. The van der Waals surface area contributed by atoms with Gasteiger partial charge in [-0.3, -0.25) is 9.67 Å². The molecule has 0 bridgehead atoms. The van der Waals surface area contributed by atoms with Crippen LogP contribution < -0.4 is 10.1 Å². The third kappa shape index (κ3) is 5.50. The number of aliphatic imine (C=N–C) groups is 1. The first-order chi connectivity index (χ1) is 13.5. The number of hydrogen-bond acceptors (Lipinski definition) is 3. The van der Waals surface area contributed by atoms with Gasteiger partial charge in [0.05, 0.1) is 5.69 Å². The molecule has 152 valence electrons. The fourth-order valence-corrected chi connectivity index (χ4v) is 3.69. The van der Waals surface area contributed by atoms with Crippen molar-refractivity contribution in [2.45, 2.75) is 46.3 Å². The number of hydrogen-bond donors (Lipinski definition) is 1. The van der Waals surface area contributed by atoms with E-state index in [0.29, 0.717) is 5.92 Å². The molecule has 0 amide bonds. The molecule has 0 saturated carbocycles. The summed E-state index contributed by atoms with van der Waals surface area (Å²) in [4.78, 5) is 6.82. The lowest BCUT2D eigenvalue weighted by Gasteiger charge is -2.34. The lowest BCUT2D eigenvalue weighted by atomic mass is 10.1. The minimum absolute atomic E-state index is 0.279. The van der Waals surface area contributed by atoms with Crippen LogP contribution in [0.15, 0.2) is 41.4 Å². The SMILES string of the molecule is CN=C(NCC(C)Cn1nc(C)cc1C)N1CCC(Oc2ccccc2)CC1. The first-order valence-corrected chi connectivity index (χ1v) is 10.2. The molecule has 3 rings (SSSR count). The Balaban J connectivity index is 1.43. The van der Waals surface area contributed by atoms with Crippen LogP contribution in [0, 0.1) is 19.8 Å². The van der Waals surface area contributed by atoms with E-state index in [0.717, 1.165) is 56.4 Å². The van der Waals surface area contributed by atoms with Gasteiger partial charge in [0.2, 0.25) is 0 Å². The van der Waals surface area contributed by atoms with Gasteiger partial charge < -0.3 is 15.0 Å². The summed E-state index contributed by atoms with van der Waals surface area (Å²) in [6.45, 7) is 10.1. The molecule has 0 radical (unpaired) electrons. The van der Waals surface area contributed by atoms with Gasteiger partial charge in [-0.2, -0.15) is 5.10 Å². The molecule has 0 spiro atoms. The quantitative estimate of drug-likeness (QED) is 0.615. The summed E-state index contributed by atoms with van der Waals surface area (Å²) < 4.78 is 8.19. The summed E-state index contributed by atoms with van der Waals surface area (Å²) in [5.41, 5.74) is 2.29. The zero-order valence-electron chi connectivity index (χ0n) is 17.6. The van der Waals surface area contributed by atoms with Crippen molar-refractivity contribution < 1.29 is 4.74 Å². The molecule has 1 unspecified atom stereocenters. The van der Waals surface area contributed by atoms with Crippen LogP contribution in [0.5, 0.6) is 5.75 Å². The number of nitrogens with zero attached hydrogens (tertiary/aromatic N) is 4. The lowest BCUT2D eigenvalue weighted by Crippen LogP contribution is -2.48. The van der Waals surface area contributed by atoms with Gasteiger partial charge in [0.25, 0.3) is 0 Å². The molecule has 28 heavy (non-hydrogen) atoms. The van der Waals surface area contributed by atoms with Gasteiger partial charge in [0.1, 0.15) is 11.9 Å². The van der Waals surface area contributed by atoms with Crippen molar-refractivity contribution in [3.8, 4) is 5.75 Å². The molecule has 1 saturated heterocycles. The van der Waals surface area contributed by atoms with Crippen LogP contribution in [0.2, 0.25) is 0 Å². The molecule has 1 aromatic carbocycles. The van der Waals surface area contributed by atoms with Gasteiger partial charge >= 0.3 is 0 Å². The fourth-order valence-electron chi connectivity index (χ4n) is 3.69. The van der Waals surface area contributed by atoms with Crippen molar-refractivity contribution in [3.05, 3.63) is 47.8 Å². The number of rotatable bonds is 6. The van der Waals surface area contributed by atoms with E-state index in [2.05, 4.69) is 44.9 Å². The van der Waals surface area contributed by atoms with Crippen molar-refractivity contribution in [2.24, 2.45) is 10.9 Å². The van der Waals surface area contributed by atoms with Gasteiger partial charge in [0, 0.05) is 51.8 Å². The Labute approximate surface area is 168 Å². The standard InChI is InChI=1S/C22H33N5O/c1-17(16-27-19(3)14-18(2)25-27)15-24-22(23-4)26-12-10-21(11-13-26)28-20-8-6-5-7-9-20/h5-9,14,17,21H,10-13,15-16H2,1-4H3,(H,23,24). The average molecular weight is 384 g/mol. The number of benzene rings is 1. The van der Waals surface area contributed by atoms with Gasteiger partial charge in [-0.25, -0.2) is 0 Å². The highest BCUT2D eigenvalue weighted by Gasteiger charge is 2.23. The predicted molar refractivity (Wildman–Crippen MR) is 114 cm³/mol. The summed E-state index contributed by atoms with van der Waals surface area (Å²) in [5, 5.41) is 8.11. The monoisotopic (exact) mass is 383 g/mol. The second-order valence-corrected chi connectivity index (χ2v) is 7.76. The second-order valence-electron chi connectivity index (χ2n) is 7.76. The summed E-state index contributed by atoms with van der Waals surface area (Å²) >= 11 is 0. The zero-order valence-corrected chi connectivity index (χ0v) is 17.6. The lowest BCUT2D eigenvalue weighted by molar-refractivity contribution is 0.129. The number of para-hydroxylation sites is 1. The van der Waals surface area contributed by atoms with Gasteiger partial charge in [-0.15, -0.1) is 0 Å². The number of aromatic nitrogens is 2. The highest BCUT2D eigenvalue weighted by Crippen LogP contribution is 2.18. The maximum atomic E-state index is 6.10. The molecular formula is C22H33N5O. The number of guanidine groups is 1. The van der Waals surface area contributed by atoms with Crippen molar-refractivity contribution >= 4 is 5.96 Å². The summed E-state index contributed by atoms with van der Waals surface area (Å²) in [7, 11) is 1.86. The van der Waals surface area contributed by atoms with Gasteiger partial charge in [0.15, 0.2) is 5.96 Å². The Bertz CT molecular complexity index is 762. The molecule has 1 aromatic heterocycles. The van der Waals surface area contributed by atoms with Crippen LogP contribution in [-0.4, -0.2) is 53.4 Å². The Morgan fingerprint density at radius 1 is 1.25 bits per heavy atom. The summed E-state index contributed by atoms with van der Waals surface area (Å²) in [6, 6.07) is 12.2. The zero-order chi connectivity index (χ0) is 19.9. The van der Waals surface area contributed by atoms with Crippen LogP contribution in [0.25, 0.3) is 0 Å². The molecule has 2 aromatic rings. The van der Waals surface area contributed by atoms with Crippen LogP contribution >= 0.6 is 0 Å². The Morgan fingerprint density at radius 2 is 1.96 bits per heavy atom. The molecule has 1 fully saturated rings. The van der Waals surface area contributed by atoms with E-state index in [1.165, 1.54) is 5.69 Å². The van der Waals surface area contributed by atoms with Crippen LogP contribution in [-0.2, 0) is 6.54 Å². The third-order valence-electron chi connectivity index (χ3n) is 5.20. The molecule has 1 atom stereocenters. The molecule has 2 heterocycles. The average Bonchev–Trinajstić information content (AvgIpc) is 3.01. The summed E-state index contributed by atoms with van der Waals surface area (Å²) in [5.74, 6) is 2.41. The summed E-state index contributed by atoms with van der Waals surface area (Å²) in [6.07, 6.45) is 2.30.